The number of aromatic nitrogens is 2. The molecule has 2 heterocycles. The van der Waals surface area contributed by atoms with Gasteiger partial charge in [-0.15, -0.1) is 0 Å². The molecule has 1 amide bonds. The van der Waals surface area contributed by atoms with Crippen LogP contribution < -0.4 is 20.4 Å². The normalized spacial score (nSPS) is 19.0. The molecule has 1 aliphatic carbocycles. The molecule has 0 spiro atoms. The molecular formula is C26H29FN4O6S. The maximum absolute atomic E-state index is 13.7. The third-order valence-electron chi connectivity index (χ3n) is 6.15. The van der Waals surface area contributed by atoms with Crippen LogP contribution in [0.2, 0.25) is 0 Å². The number of methoxy groups -OCH3 is 1. The predicted octanol–water partition coefficient (Wildman–Crippen LogP) is 2.54. The molecule has 1 aliphatic heterocycles. The van der Waals surface area contributed by atoms with Gasteiger partial charge in [-0.3, -0.25) is 14.2 Å². The molecule has 2 N–H and O–H groups in total. The number of carbonyl (C=O) groups is 1. The fourth-order valence-corrected chi connectivity index (χ4v) is 5.07. The Labute approximate surface area is 220 Å². The van der Waals surface area contributed by atoms with Crippen molar-refractivity contribution in [2.24, 2.45) is 5.92 Å². The van der Waals surface area contributed by atoms with Crippen molar-refractivity contribution in [2.45, 2.75) is 37.3 Å². The van der Waals surface area contributed by atoms with Gasteiger partial charge in [0.25, 0.3) is 11.5 Å². The van der Waals surface area contributed by atoms with E-state index in [9.17, 15) is 22.4 Å². The number of nitrogens with zero attached hydrogens (tertiary/aromatic N) is 2. The monoisotopic (exact) mass is 544 g/mol. The van der Waals surface area contributed by atoms with E-state index in [1.165, 1.54) is 48.1 Å². The molecular weight excluding hydrogens is 515 g/mol. The Bertz CT molecular complexity index is 1450. The van der Waals surface area contributed by atoms with Crippen molar-refractivity contribution in [1.29, 1.82) is 0 Å². The van der Waals surface area contributed by atoms with Gasteiger partial charge in [0.05, 0.1) is 18.3 Å². The number of allylic oxidation sites excluding steroid dienone is 3. The number of fused-ring (bicyclic) bond motifs is 1. The zero-order valence-corrected chi connectivity index (χ0v) is 21.8. The summed E-state index contributed by atoms with van der Waals surface area (Å²) in [5.41, 5.74) is -0.802. The van der Waals surface area contributed by atoms with Crippen molar-refractivity contribution in [3.63, 3.8) is 0 Å². The number of hydrogen-bond acceptors (Lipinski definition) is 8. The minimum atomic E-state index is -4.47. The van der Waals surface area contributed by atoms with Crippen molar-refractivity contribution < 1.29 is 26.5 Å². The molecule has 1 aromatic carbocycles. The minimum Gasteiger partial charge on any atom is -0.383 e. The largest absolute Gasteiger partial charge is 0.383 e. The third kappa shape index (κ3) is 6.03. The maximum Gasteiger partial charge on any atom is 0.339 e. The third-order valence-corrected chi connectivity index (χ3v) is 7.38. The molecule has 4 rings (SSSR count). The van der Waals surface area contributed by atoms with E-state index in [1.54, 1.807) is 12.1 Å². The van der Waals surface area contributed by atoms with E-state index >= 15 is 0 Å². The van der Waals surface area contributed by atoms with Crippen molar-refractivity contribution >= 4 is 21.7 Å². The second-order valence-electron chi connectivity index (χ2n) is 8.77. The van der Waals surface area contributed by atoms with Gasteiger partial charge in [0.15, 0.2) is 11.5 Å². The Hall–Kier alpha value is -3.77. The second kappa shape index (κ2) is 11.7. The van der Waals surface area contributed by atoms with Crippen LogP contribution >= 0.6 is 0 Å². The standard InChI is InChI=1S/C26H29FN4O6S/c1-3-28-21-14-13-19(36-2)16-31-24(21)30-22(25(32)29-15-17-9-11-18(27)12-10-17)23(26(31)33)37-38(34,35)20-7-5-4-6-8-20/h4-9,11-12,14,17,19,28H,3,10,13,15-16H2,1-2H3,(H,29,32)/t17?,19-/m0/s1. The van der Waals surface area contributed by atoms with E-state index in [-0.39, 0.29) is 35.6 Å². The van der Waals surface area contributed by atoms with Crippen LogP contribution in [0.3, 0.4) is 0 Å². The smallest absolute Gasteiger partial charge is 0.339 e. The summed E-state index contributed by atoms with van der Waals surface area (Å²) in [7, 11) is -2.96. The number of hydrogen-bond donors (Lipinski definition) is 2. The SMILES string of the molecule is CCNC1=CC[C@H](OC)Cn2c1nc(C(=O)NCC1C=CC(F)=CC1)c(OS(=O)(=O)c1ccccc1)c2=O. The zero-order valence-electron chi connectivity index (χ0n) is 21.0. The average molecular weight is 545 g/mol. The zero-order chi connectivity index (χ0) is 27.3. The molecule has 0 saturated heterocycles. The van der Waals surface area contributed by atoms with Crippen molar-refractivity contribution in [1.82, 2.24) is 20.2 Å². The van der Waals surface area contributed by atoms with Crippen LogP contribution in [0.4, 0.5) is 4.39 Å². The van der Waals surface area contributed by atoms with Gasteiger partial charge in [-0.25, -0.2) is 9.37 Å². The number of nitrogens with one attached hydrogen (secondary N) is 2. The summed E-state index contributed by atoms with van der Waals surface area (Å²) in [6.45, 7) is 2.57. The molecule has 202 valence electrons. The highest BCUT2D eigenvalue weighted by Crippen LogP contribution is 2.24. The lowest BCUT2D eigenvalue weighted by molar-refractivity contribution is 0.0895. The quantitative estimate of drug-likeness (QED) is 0.461. The molecule has 2 atom stereocenters. The Morgan fingerprint density at radius 2 is 1.97 bits per heavy atom. The molecule has 38 heavy (non-hydrogen) atoms. The van der Waals surface area contributed by atoms with E-state index in [4.69, 9.17) is 8.92 Å². The van der Waals surface area contributed by atoms with Gasteiger partial charge in [0.1, 0.15) is 10.7 Å². The number of ether oxygens (including phenoxy) is 1. The Kier molecular flexibility index (Phi) is 8.42. The molecule has 1 unspecified atom stereocenters. The highest BCUT2D eigenvalue weighted by atomic mass is 32.2. The van der Waals surface area contributed by atoms with Crippen LogP contribution in [0.5, 0.6) is 5.75 Å². The number of amides is 1. The summed E-state index contributed by atoms with van der Waals surface area (Å²) >= 11 is 0. The van der Waals surface area contributed by atoms with Gasteiger partial charge in [-0.05, 0) is 50.0 Å². The fourth-order valence-electron chi connectivity index (χ4n) is 4.11. The first-order chi connectivity index (χ1) is 18.2. The maximum atomic E-state index is 13.7. The molecule has 0 radical (unpaired) electrons. The van der Waals surface area contributed by atoms with Crippen LogP contribution in [0, 0.1) is 5.92 Å². The molecule has 12 heteroatoms. The molecule has 0 fully saturated rings. The van der Waals surface area contributed by atoms with E-state index < -0.39 is 39.1 Å². The Morgan fingerprint density at radius 1 is 1.21 bits per heavy atom. The average Bonchev–Trinajstić information content (AvgIpc) is 3.09. The lowest BCUT2D eigenvalue weighted by Gasteiger charge is -2.19. The van der Waals surface area contributed by atoms with Gasteiger partial charge in [0, 0.05) is 20.2 Å². The van der Waals surface area contributed by atoms with Gasteiger partial charge < -0.3 is 19.6 Å². The first-order valence-electron chi connectivity index (χ1n) is 12.2. The molecule has 2 aliphatic rings. The van der Waals surface area contributed by atoms with Gasteiger partial charge in [-0.1, -0.05) is 30.4 Å². The first-order valence-corrected chi connectivity index (χ1v) is 13.6. The van der Waals surface area contributed by atoms with Crippen LogP contribution in [0.1, 0.15) is 36.1 Å². The predicted molar refractivity (Wildman–Crippen MR) is 139 cm³/mol. The van der Waals surface area contributed by atoms with E-state index in [0.717, 1.165) is 0 Å². The van der Waals surface area contributed by atoms with Gasteiger partial charge in [0.2, 0.25) is 5.75 Å². The van der Waals surface area contributed by atoms with Crippen molar-refractivity contribution in [2.75, 3.05) is 20.2 Å². The number of halogens is 1. The highest BCUT2D eigenvalue weighted by molar-refractivity contribution is 7.87. The Morgan fingerprint density at radius 3 is 2.63 bits per heavy atom. The fraction of sp³-hybridized carbons (Fsp3) is 0.346. The van der Waals surface area contributed by atoms with Crippen LogP contribution in [0.25, 0.3) is 5.70 Å². The summed E-state index contributed by atoms with van der Waals surface area (Å²) in [5.74, 6) is -1.89. The molecule has 0 bridgehead atoms. The number of benzene rings is 1. The van der Waals surface area contributed by atoms with E-state index in [2.05, 4.69) is 15.6 Å². The van der Waals surface area contributed by atoms with Crippen LogP contribution in [-0.2, 0) is 21.4 Å². The molecule has 1 aromatic heterocycles. The van der Waals surface area contributed by atoms with Gasteiger partial charge >= 0.3 is 10.1 Å². The highest BCUT2D eigenvalue weighted by Gasteiger charge is 2.31. The van der Waals surface area contributed by atoms with Crippen molar-refractivity contribution in [3.05, 3.63) is 82.3 Å². The number of rotatable bonds is 9. The number of carbonyl (C=O) groups excluding carboxylic acids is 1. The summed E-state index contributed by atoms with van der Waals surface area (Å²) in [4.78, 5) is 31.3. The lowest BCUT2D eigenvalue weighted by atomic mass is 10.0. The second-order valence-corrected chi connectivity index (χ2v) is 10.3. The lowest BCUT2D eigenvalue weighted by Crippen LogP contribution is -2.37. The van der Waals surface area contributed by atoms with E-state index in [0.29, 0.717) is 25.1 Å². The first kappa shape index (κ1) is 27.3. The summed E-state index contributed by atoms with van der Waals surface area (Å²) < 4.78 is 51.5. The topological polar surface area (TPSA) is 129 Å². The Balaban J connectivity index is 1.79. The van der Waals surface area contributed by atoms with Crippen LogP contribution in [0.15, 0.2) is 70.2 Å². The summed E-state index contributed by atoms with van der Waals surface area (Å²) in [5, 5.41) is 5.82. The minimum absolute atomic E-state index is 0.0669. The summed E-state index contributed by atoms with van der Waals surface area (Å²) in [6.07, 6.45) is 6.61. The molecule has 2 aromatic rings. The van der Waals surface area contributed by atoms with E-state index in [1.807, 2.05) is 13.0 Å². The molecule has 0 saturated carbocycles. The van der Waals surface area contributed by atoms with Gasteiger partial charge in [-0.2, -0.15) is 8.42 Å². The molecule has 10 nitrogen and oxygen atoms in total. The summed E-state index contributed by atoms with van der Waals surface area (Å²) in [6, 6.07) is 7.30. The van der Waals surface area contributed by atoms with Crippen LogP contribution in [-0.4, -0.2) is 50.2 Å². The van der Waals surface area contributed by atoms with Crippen molar-refractivity contribution in [3.8, 4) is 5.75 Å².